The van der Waals surface area contributed by atoms with Crippen LogP contribution in [0.3, 0.4) is 0 Å². The number of nitrogens with two attached hydrogens (primary N) is 1. The van der Waals surface area contributed by atoms with E-state index in [1.54, 1.807) is 23.9 Å². The summed E-state index contributed by atoms with van der Waals surface area (Å²) in [5, 5.41) is 34.2. The van der Waals surface area contributed by atoms with Crippen molar-refractivity contribution in [1.29, 1.82) is 0 Å². The predicted octanol–water partition coefficient (Wildman–Crippen LogP) is 0.692. The van der Waals surface area contributed by atoms with E-state index >= 15 is 0 Å². The number of carbonyl (C=O) groups is 5. The van der Waals surface area contributed by atoms with Crippen LogP contribution >= 0.6 is 11.8 Å². The number of rotatable bonds is 9. The number of ketones is 4. The number of primary amides is 1. The summed E-state index contributed by atoms with van der Waals surface area (Å²) in [6.07, 6.45) is 2.59. The third-order valence-corrected chi connectivity index (χ3v) is 9.76. The molecule has 39 heavy (non-hydrogen) atoms. The Morgan fingerprint density at radius 2 is 1.79 bits per heavy atom. The molecule has 1 amide bonds. The summed E-state index contributed by atoms with van der Waals surface area (Å²) in [7, 11) is 2.95. The molecule has 0 saturated heterocycles. The van der Waals surface area contributed by atoms with E-state index in [-0.39, 0.29) is 11.3 Å². The molecule has 212 valence electrons. The predicted molar refractivity (Wildman–Crippen MR) is 143 cm³/mol. The molecule has 1 aromatic rings. The van der Waals surface area contributed by atoms with Crippen LogP contribution in [0.2, 0.25) is 0 Å². The Balaban J connectivity index is 1.83. The fourth-order valence-electron chi connectivity index (χ4n) is 6.81. The Bertz CT molecular complexity index is 1200. The van der Waals surface area contributed by atoms with E-state index < -0.39 is 76.4 Å². The largest absolute Gasteiger partial charge is 0.507 e. The van der Waals surface area contributed by atoms with Crippen LogP contribution in [0.5, 0.6) is 5.75 Å². The summed E-state index contributed by atoms with van der Waals surface area (Å²) in [6.45, 7) is 2.12. The van der Waals surface area contributed by atoms with Gasteiger partial charge in [-0.3, -0.25) is 28.9 Å². The quantitative estimate of drug-likeness (QED) is 0.248. The highest BCUT2D eigenvalue weighted by Crippen LogP contribution is 2.55. The van der Waals surface area contributed by atoms with E-state index in [1.165, 1.54) is 25.1 Å². The Hall–Kier alpha value is -2.60. The molecule has 2 saturated carbocycles. The lowest BCUT2D eigenvalue weighted by molar-refractivity contribution is -0.196. The molecular weight excluding hydrogens is 524 g/mol. The lowest BCUT2D eigenvalue weighted by Gasteiger charge is -2.56. The highest BCUT2D eigenvalue weighted by molar-refractivity contribution is 7.99. The first kappa shape index (κ1) is 29.4. The van der Waals surface area contributed by atoms with Gasteiger partial charge in [-0.05, 0) is 37.9 Å². The van der Waals surface area contributed by atoms with Crippen molar-refractivity contribution in [3.8, 4) is 5.75 Å². The number of likely N-dealkylation sites (N-methyl/N-ethyl adjacent to an activating group) is 1. The van der Waals surface area contributed by atoms with Crippen molar-refractivity contribution in [3.63, 3.8) is 0 Å². The van der Waals surface area contributed by atoms with Crippen LogP contribution in [0.1, 0.15) is 54.4 Å². The van der Waals surface area contributed by atoms with Gasteiger partial charge < -0.3 is 21.1 Å². The lowest BCUT2D eigenvalue weighted by Crippen LogP contribution is -2.77. The number of phenolic OH excluding ortho intramolecular Hbond substituents is 1. The zero-order chi connectivity index (χ0) is 28.8. The first-order valence-corrected chi connectivity index (χ1v) is 14.5. The Morgan fingerprint density at radius 3 is 2.41 bits per heavy atom. The van der Waals surface area contributed by atoms with E-state index in [4.69, 9.17) is 5.73 Å². The van der Waals surface area contributed by atoms with Crippen LogP contribution in [0, 0.1) is 23.7 Å². The molecule has 0 radical (unpaired) electrons. The minimum Gasteiger partial charge on any atom is -0.507 e. The molecule has 0 aliphatic heterocycles. The number of amides is 1. The average molecular weight is 561 g/mol. The van der Waals surface area contributed by atoms with Gasteiger partial charge >= 0.3 is 0 Å². The molecule has 0 aromatic heterocycles. The van der Waals surface area contributed by atoms with Gasteiger partial charge in [0.2, 0.25) is 5.91 Å². The smallest absolute Gasteiger partial charge is 0.235 e. The molecule has 0 heterocycles. The van der Waals surface area contributed by atoms with Crippen LogP contribution < -0.4 is 5.73 Å². The highest BCUT2D eigenvalue weighted by atomic mass is 32.2. The van der Waals surface area contributed by atoms with E-state index in [1.807, 2.05) is 0 Å². The second kappa shape index (κ2) is 11.1. The van der Waals surface area contributed by atoms with Crippen LogP contribution in [0.4, 0.5) is 0 Å². The van der Waals surface area contributed by atoms with Gasteiger partial charge in [0, 0.05) is 17.6 Å². The summed E-state index contributed by atoms with van der Waals surface area (Å²) >= 11 is 1.60. The number of phenols is 1. The van der Waals surface area contributed by atoms with Gasteiger partial charge in [0.15, 0.2) is 34.7 Å². The molecule has 1 aromatic carbocycles. The van der Waals surface area contributed by atoms with Crippen molar-refractivity contribution in [1.82, 2.24) is 4.90 Å². The molecule has 3 aliphatic carbocycles. The number of thioether (sulfide) groups is 1. The van der Waals surface area contributed by atoms with Crippen molar-refractivity contribution >= 4 is 40.8 Å². The number of hydrogen-bond donors (Lipinski definition) is 4. The lowest BCUT2D eigenvalue weighted by atomic mass is 9.49. The monoisotopic (exact) mass is 560 g/mol. The molecule has 0 bridgehead atoms. The van der Waals surface area contributed by atoms with Crippen LogP contribution in [0.15, 0.2) is 18.2 Å². The second-order valence-corrected chi connectivity index (χ2v) is 12.2. The van der Waals surface area contributed by atoms with Gasteiger partial charge in [-0.15, -0.1) is 0 Å². The maximum atomic E-state index is 14.1. The molecule has 11 heteroatoms. The van der Waals surface area contributed by atoms with Gasteiger partial charge in [-0.25, -0.2) is 0 Å². The molecule has 3 aliphatic rings. The number of unbranched alkanes of at least 4 members (excludes halogenated alkanes) is 3. The number of hydrogen-bond acceptors (Lipinski definition) is 10. The number of aliphatic hydroxyl groups excluding tert-OH is 1. The number of aromatic hydroxyl groups is 1. The van der Waals surface area contributed by atoms with Crippen molar-refractivity contribution in [2.75, 3.05) is 25.6 Å². The molecule has 5 N–H and O–H groups in total. The van der Waals surface area contributed by atoms with Crippen molar-refractivity contribution in [2.45, 2.75) is 56.3 Å². The average Bonchev–Trinajstić information content (AvgIpc) is 2.87. The van der Waals surface area contributed by atoms with E-state index in [0.717, 1.165) is 31.4 Å². The van der Waals surface area contributed by atoms with Crippen LogP contribution in [-0.4, -0.2) is 92.6 Å². The number of Topliss-reactive ketones (excluding diaryl/α,β-unsaturated/α-hetero) is 4. The maximum Gasteiger partial charge on any atom is 0.235 e. The molecule has 0 spiro atoms. The Kier molecular flexibility index (Phi) is 8.37. The fraction of sp³-hybridized carbons (Fsp3) is 0.607. The molecule has 2 unspecified atom stereocenters. The normalized spacial score (nSPS) is 34.1. The SMILES string of the molecule is CCCCCCSC[C@H]1c2cccc(O)c2C(=O)C2C(=O)[C@]3(O)C(=O)C(C(N)=O)C(=O)[C@@H](N(C)C)[C@@H]3[C@@H](O)[C@@H]21. The maximum absolute atomic E-state index is 14.1. The summed E-state index contributed by atoms with van der Waals surface area (Å²) < 4.78 is 0. The minimum atomic E-state index is -2.99. The van der Waals surface area contributed by atoms with Gasteiger partial charge in [-0.1, -0.05) is 38.3 Å². The summed E-state index contributed by atoms with van der Waals surface area (Å²) in [5.41, 5.74) is 2.76. The second-order valence-electron chi connectivity index (χ2n) is 11.1. The minimum absolute atomic E-state index is 0.0760. The molecular formula is C28H36N2O8S. The molecule has 2 fully saturated rings. The number of aliphatic hydroxyl groups is 2. The van der Waals surface area contributed by atoms with E-state index in [0.29, 0.717) is 11.3 Å². The summed E-state index contributed by atoms with van der Waals surface area (Å²) in [4.78, 5) is 68.1. The standard InChI is InChI=1S/C28H36N2O8S/c1-4-5-6-7-11-39-12-14-13-9-8-10-15(31)16(13)22(32)18-17(14)23(33)20-21(30(2)3)24(34)19(27(29)37)26(36)28(20,38)25(18)35/h8-10,14,17-21,23,31,33,38H,4-7,11-12H2,1-3H3,(H2,29,37)/t14-,17+,18?,19?,20+,21-,23-,28-/m0/s1. The zero-order valence-electron chi connectivity index (χ0n) is 22.3. The summed E-state index contributed by atoms with van der Waals surface area (Å²) in [5.74, 6) is -11.7. The number of carbonyl (C=O) groups excluding carboxylic acids is 5. The number of benzene rings is 1. The van der Waals surface area contributed by atoms with Gasteiger partial charge in [0.25, 0.3) is 0 Å². The number of fused-ring (bicyclic) bond motifs is 3. The summed E-state index contributed by atoms with van der Waals surface area (Å²) in [6, 6.07) is 3.20. The third kappa shape index (κ3) is 4.53. The van der Waals surface area contributed by atoms with Gasteiger partial charge in [-0.2, -0.15) is 11.8 Å². The first-order chi connectivity index (χ1) is 18.4. The number of nitrogens with zero attached hydrogens (tertiary/aromatic N) is 1. The first-order valence-electron chi connectivity index (χ1n) is 13.3. The van der Waals surface area contributed by atoms with E-state index in [2.05, 4.69) is 6.92 Å². The van der Waals surface area contributed by atoms with Crippen LogP contribution in [-0.2, 0) is 19.2 Å². The molecule has 10 nitrogen and oxygen atoms in total. The third-order valence-electron chi connectivity index (χ3n) is 8.59. The van der Waals surface area contributed by atoms with Crippen molar-refractivity contribution in [3.05, 3.63) is 29.3 Å². The van der Waals surface area contributed by atoms with Crippen LogP contribution in [0.25, 0.3) is 0 Å². The fourth-order valence-corrected chi connectivity index (χ4v) is 8.04. The van der Waals surface area contributed by atoms with Crippen molar-refractivity contribution in [2.24, 2.45) is 29.4 Å². The Morgan fingerprint density at radius 1 is 1.10 bits per heavy atom. The van der Waals surface area contributed by atoms with E-state index in [9.17, 15) is 39.3 Å². The Labute approximate surface area is 231 Å². The molecule has 8 atom stereocenters. The topological polar surface area (TPSA) is 175 Å². The van der Waals surface area contributed by atoms with Gasteiger partial charge in [0.1, 0.15) is 5.75 Å². The molecule has 4 rings (SSSR count). The highest BCUT2D eigenvalue weighted by Gasteiger charge is 2.73. The zero-order valence-corrected chi connectivity index (χ0v) is 23.1. The van der Waals surface area contributed by atoms with Crippen molar-refractivity contribution < 1.29 is 39.3 Å². The van der Waals surface area contributed by atoms with Gasteiger partial charge in [0.05, 0.1) is 29.5 Å².